The van der Waals surface area contributed by atoms with Gasteiger partial charge in [0.15, 0.2) is 0 Å². The van der Waals surface area contributed by atoms with Crippen LogP contribution in [-0.2, 0) is 32.7 Å². The van der Waals surface area contributed by atoms with E-state index in [0.717, 1.165) is 70.6 Å². The fraction of sp³-hybridized carbons (Fsp3) is 0.784. The van der Waals surface area contributed by atoms with Gasteiger partial charge in [-0.05, 0) is 44.9 Å². The van der Waals surface area contributed by atoms with Crippen molar-refractivity contribution in [3.05, 3.63) is 36.5 Å². The van der Waals surface area contributed by atoms with Crippen molar-refractivity contribution in [2.24, 2.45) is 5.73 Å². The third-order valence-electron chi connectivity index (χ3n) is 7.68. The molecule has 48 heavy (non-hydrogen) atoms. The van der Waals surface area contributed by atoms with Crippen molar-refractivity contribution in [2.75, 3.05) is 26.4 Å². The normalized spacial score (nSPS) is 14.6. The van der Waals surface area contributed by atoms with Gasteiger partial charge < -0.3 is 25.2 Å². The second-order valence-corrected chi connectivity index (χ2v) is 13.8. The van der Waals surface area contributed by atoms with Crippen LogP contribution >= 0.6 is 7.82 Å². The van der Waals surface area contributed by atoms with Crippen molar-refractivity contribution in [3.63, 3.8) is 0 Å². The second-order valence-electron chi connectivity index (χ2n) is 12.3. The topological polar surface area (TPSA) is 155 Å². The van der Waals surface area contributed by atoms with E-state index in [1.807, 2.05) is 0 Å². The molecule has 0 aliphatic rings. The number of nitrogens with two attached hydrogens (primary N) is 1. The van der Waals surface area contributed by atoms with E-state index in [0.29, 0.717) is 13.0 Å². The average Bonchev–Trinajstić information content (AvgIpc) is 3.06. The monoisotopic (exact) mass is 701 g/mol. The van der Waals surface area contributed by atoms with Gasteiger partial charge in [-0.3, -0.25) is 18.6 Å². The molecule has 0 aliphatic carbocycles. The van der Waals surface area contributed by atoms with Crippen LogP contribution < -0.4 is 5.73 Å². The number of carboxylic acids is 1. The fourth-order valence-corrected chi connectivity index (χ4v) is 5.57. The molecule has 0 spiro atoms. The lowest BCUT2D eigenvalue weighted by molar-refractivity contribution is -0.154. The maximum Gasteiger partial charge on any atom is 0.472 e. The Bertz CT molecular complexity index is 909. The van der Waals surface area contributed by atoms with E-state index >= 15 is 0 Å². The van der Waals surface area contributed by atoms with Crippen molar-refractivity contribution < 1.29 is 42.7 Å². The van der Waals surface area contributed by atoms with E-state index in [4.69, 9.17) is 24.8 Å². The molecule has 0 rings (SSSR count). The summed E-state index contributed by atoms with van der Waals surface area (Å²) in [4.78, 5) is 33.3. The molecule has 0 aromatic rings. The predicted molar refractivity (Wildman–Crippen MR) is 194 cm³/mol. The quantitative estimate of drug-likeness (QED) is 0.0252. The van der Waals surface area contributed by atoms with Crippen molar-refractivity contribution in [2.45, 2.75) is 161 Å². The van der Waals surface area contributed by atoms with Crippen LogP contribution in [-0.4, -0.2) is 60.5 Å². The maximum absolute atomic E-state index is 12.5. The van der Waals surface area contributed by atoms with E-state index in [-0.39, 0.29) is 13.0 Å². The Morgan fingerprint density at radius 1 is 0.688 bits per heavy atom. The van der Waals surface area contributed by atoms with Crippen molar-refractivity contribution in [1.82, 2.24) is 0 Å². The van der Waals surface area contributed by atoms with Gasteiger partial charge in [-0.2, -0.15) is 0 Å². The molecule has 280 valence electrons. The van der Waals surface area contributed by atoms with Gasteiger partial charge in [-0.1, -0.05) is 134 Å². The molecule has 0 saturated carbocycles. The number of ether oxygens (including phenoxy) is 2. The van der Waals surface area contributed by atoms with Crippen molar-refractivity contribution >= 4 is 19.8 Å². The van der Waals surface area contributed by atoms with Crippen molar-refractivity contribution in [1.29, 1.82) is 0 Å². The average molecular weight is 702 g/mol. The minimum atomic E-state index is -4.61. The number of unbranched alkanes of at least 4 members (excludes halogenated alkanes) is 15. The predicted octanol–water partition coefficient (Wildman–Crippen LogP) is 9.36. The number of hydrogen-bond donors (Lipinski definition) is 3. The summed E-state index contributed by atoms with van der Waals surface area (Å²) in [5.74, 6) is -1.79. The summed E-state index contributed by atoms with van der Waals surface area (Å²) < 4.78 is 33.1. The smallest absolute Gasteiger partial charge is 0.472 e. The zero-order valence-corrected chi connectivity index (χ0v) is 31.0. The van der Waals surface area contributed by atoms with Gasteiger partial charge in [-0.15, -0.1) is 0 Å². The molecule has 11 heteroatoms. The molecule has 4 N–H and O–H groups in total. The van der Waals surface area contributed by atoms with Crippen LogP contribution in [0.4, 0.5) is 0 Å². The number of hydrogen-bond acceptors (Lipinski definition) is 8. The summed E-state index contributed by atoms with van der Waals surface area (Å²) in [6.07, 6.45) is 34.8. The molecule has 3 atom stereocenters. The Morgan fingerprint density at radius 2 is 1.21 bits per heavy atom. The molecular formula is C37H68NO9P. The molecule has 0 fully saturated rings. The summed E-state index contributed by atoms with van der Waals surface area (Å²) >= 11 is 0. The lowest BCUT2D eigenvalue weighted by Crippen LogP contribution is -2.34. The number of allylic oxidation sites excluding steroid dienone is 6. The summed E-state index contributed by atoms with van der Waals surface area (Å²) in [5.41, 5.74) is 5.33. The van der Waals surface area contributed by atoms with E-state index in [2.05, 4.69) is 54.8 Å². The molecule has 0 heterocycles. The molecule has 3 unspecified atom stereocenters. The fourth-order valence-electron chi connectivity index (χ4n) is 4.79. The van der Waals surface area contributed by atoms with Crippen LogP contribution in [0.3, 0.4) is 0 Å². The highest BCUT2D eigenvalue weighted by Gasteiger charge is 2.27. The third-order valence-corrected chi connectivity index (χ3v) is 8.63. The van der Waals surface area contributed by atoms with Gasteiger partial charge in [0.2, 0.25) is 0 Å². The summed E-state index contributed by atoms with van der Waals surface area (Å²) in [5, 5.41) is 8.85. The Hall–Kier alpha value is -1.81. The van der Waals surface area contributed by atoms with E-state index in [9.17, 15) is 19.0 Å². The maximum atomic E-state index is 12.5. The number of aliphatic carboxylic acids is 1. The number of carbonyl (C=O) groups excluding carboxylic acids is 1. The zero-order chi connectivity index (χ0) is 35.6. The van der Waals surface area contributed by atoms with Crippen molar-refractivity contribution in [3.8, 4) is 0 Å². The number of phosphoric acid groups is 1. The van der Waals surface area contributed by atoms with Gasteiger partial charge in [0.05, 0.1) is 19.8 Å². The highest BCUT2D eigenvalue weighted by atomic mass is 31.2. The molecule has 0 saturated heterocycles. The van der Waals surface area contributed by atoms with Crippen LogP contribution in [0.15, 0.2) is 36.5 Å². The van der Waals surface area contributed by atoms with Gasteiger partial charge in [-0.25, -0.2) is 4.57 Å². The van der Waals surface area contributed by atoms with Gasteiger partial charge in [0.1, 0.15) is 12.1 Å². The highest BCUT2D eigenvalue weighted by molar-refractivity contribution is 7.47. The van der Waals surface area contributed by atoms with Crippen LogP contribution in [0.25, 0.3) is 0 Å². The lowest BCUT2D eigenvalue weighted by atomic mass is 10.0. The first-order chi connectivity index (χ1) is 23.2. The highest BCUT2D eigenvalue weighted by Crippen LogP contribution is 2.43. The van der Waals surface area contributed by atoms with Crippen LogP contribution in [0.2, 0.25) is 0 Å². The first-order valence-electron chi connectivity index (χ1n) is 18.5. The first kappa shape index (κ1) is 46.2. The largest absolute Gasteiger partial charge is 0.480 e. The van der Waals surface area contributed by atoms with Gasteiger partial charge in [0.25, 0.3) is 0 Å². The molecular weight excluding hydrogens is 633 g/mol. The summed E-state index contributed by atoms with van der Waals surface area (Å²) in [6.45, 7) is 3.69. The third kappa shape index (κ3) is 32.7. The number of phosphoric ester groups is 1. The molecule has 0 aromatic carbocycles. The Morgan fingerprint density at radius 3 is 1.81 bits per heavy atom. The molecule has 0 radical (unpaired) electrons. The minimum absolute atomic E-state index is 0.00329. The number of carbonyl (C=O) groups is 2. The molecule has 0 aliphatic heterocycles. The standard InChI is InChI=1S/C37H68NO9P/c1-3-5-7-9-11-13-15-17-18-20-22-24-26-28-30-44-31-34(32-45-48(42,43)46-33-35(38)37(40)41)47-36(39)29-27-25-23-21-19-16-14-12-10-8-6-4-2/h5,7,11,13,17-18,34-35H,3-4,6,8-10,12,14-16,19-33,38H2,1-2H3,(H,40,41)(H,42,43)/b7-5-,13-11-,18-17-. The van der Waals surface area contributed by atoms with Crippen LogP contribution in [0, 0.1) is 0 Å². The number of esters is 1. The molecule has 0 amide bonds. The SMILES string of the molecule is CC/C=C\C/C=C\C/C=C\CCCCCCOCC(COP(=O)(O)OCC(N)C(=O)O)OC(=O)CCCCCCCCCCCCCC. The summed E-state index contributed by atoms with van der Waals surface area (Å²) in [6, 6.07) is -1.47. The Balaban J connectivity index is 4.36. The molecule has 10 nitrogen and oxygen atoms in total. The zero-order valence-electron chi connectivity index (χ0n) is 30.1. The molecule has 0 aromatic heterocycles. The number of carboxylic acid groups (broad SMARTS) is 1. The van der Waals surface area contributed by atoms with E-state index in [1.54, 1.807) is 0 Å². The van der Waals surface area contributed by atoms with E-state index < -0.39 is 45.1 Å². The summed E-state index contributed by atoms with van der Waals surface area (Å²) in [7, 11) is -4.61. The van der Waals surface area contributed by atoms with E-state index in [1.165, 1.54) is 51.4 Å². The Kier molecular flexibility index (Phi) is 32.4. The van der Waals surface area contributed by atoms with Gasteiger partial charge >= 0.3 is 19.8 Å². The Labute approximate surface area is 291 Å². The minimum Gasteiger partial charge on any atom is -0.480 e. The number of rotatable bonds is 35. The first-order valence-corrected chi connectivity index (χ1v) is 20.0. The van der Waals surface area contributed by atoms with Crippen LogP contribution in [0.5, 0.6) is 0 Å². The lowest BCUT2D eigenvalue weighted by Gasteiger charge is -2.20. The van der Waals surface area contributed by atoms with Crippen LogP contribution in [0.1, 0.15) is 149 Å². The van der Waals surface area contributed by atoms with Gasteiger partial charge in [0, 0.05) is 13.0 Å². The molecule has 0 bridgehead atoms. The second kappa shape index (κ2) is 33.7.